The van der Waals surface area contributed by atoms with Gasteiger partial charge in [0, 0.05) is 6.20 Å². The van der Waals surface area contributed by atoms with Crippen molar-refractivity contribution >= 4 is 17.4 Å². The first-order valence-electron chi connectivity index (χ1n) is 7.60. The zero-order valence-corrected chi connectivity index (χ0v) is 14.4. The highest BCUT2D eigenvalue weighted by Gasteiger charge is 2.25. The molecule has 2 atom stereocenters. The van der Waals surface area contributed by atoms with Gasteiger partial charge in [-0.1, -0.05) is 19.9 Å². The maximum absolute atomic E-state index is 12.2. The number of carbonyl (C=O) groups excluding carboxylic acids is 1. The fraction of sp³-hybridized carbons (Fsp3) is 0.412. The molecule has 0 radical (unpaired) electrons. The van der Waals surface area contributed by atoms with Crippen LogP contribution in [-0.2, 0) is 5.60 Å². The Morgan fingerprint density at radius 3 is 2.74 bits per heavy atom. The van der Waals surface area contributed by atoms with E-state index in [1.165, 1.54) is 11.3 Å². The van der Waals surface area contributed by atoms with Crippen molar-refractivity contribution in [3.05, 3.63) is 52.5 Å². The number of carbonyl (C=O) groups is 1. The summed E-state index contributed by atoms with van der Waals surface area (Å²) < 4.78 is 0. The number of nitrogens with one attached hydrogen (secondary N) is 2. The lowest BCUT2D eigenvalue weighted by Gasteiger charge is -2.25. The third-order valence-electron chi connectivity index (χ3n) is 3.70. The Kier molecular flexibility index (Phi) is 5.74. The van der Waals surface area contributed by atoms with Gasteiger partial charge in [-0.25, -0.2) is 4.79 Å². The second-order valence-corrected chi connectivity index (χ2v) is 6.87. The van der Waals surface area contributed by atoms with Crippen molar-refractivity contribution in [2.75, 3.05) is 6.54 Å². The summed E-state index contributed by atoms with van der Waals surface area (Å²) in [4.78, 5) is 16.5. The van der Waals surface area contributed by atoms with E-state index >= 15 is 0 Å². The number of hydrogen-bond donors (Lipinski definition) is 3. The van der Waals surface area contributed by atoms with Crippen molar-refractivity contribution in [1.82, 2.24) is 15.6 Å². The van der Waals surface area contributed by atoms with Crippen LogP contribution in [0.5, 0.6) is 0 Å². The third-order valence-corrected chi connectivity index (χ3v) is 4.38. The average molecular weight is 333 g/mol. The highest BCUT2D eigenvalue weighted by molar-refractivity contribution is 7.08. The zero-order chi connectivity index (χ0) is 16.9. The number of hydrogen-bond acceptors (Lipinski definition) is 4. The van der Waals surface area contributed by atoms with E-state index < -0.39 is 5.60 Å². The van der Waals surface area contributed by atoms with Gasteiger partial charge in [0.25, 0.3) is 0 Å². The lowest BCUT2D eigenvalue weighted by molar-refractivity contribution is 0.0596. The number of thiophene rings is 1. The molecule has 0 spiro atoms. The minimum absolute atomic E-state index is 0.141. The molecule has 0 unspecified atom stereocenters. The first-order chi connectivity index (χ1) is 10.9. The Balaban J connectivity index is 1.95. The lowest BCUT2D eigenvalue weighted by atomic mass is 9.99. The van der Waals surface area contributed by atoms with E-state index in [-0.39, 0.29) is 24.5 Å². The largest absolute Gasteiger partial charge is 0.384 e. The van der Waals surface area contributed by atoms with E-state index in [1.807, 2.05) is 48.9 Å². The molecule has 2 amide bonds. The quantitative estimate of drug-likeness (QED) is 0.760. The molecule has 0 aliphatic carbocycles. The standard InChI is InChI=1S/C17H23N3O2S/c1-12(2)15(14-6-4-5-8-18-14)20-16(21)19-11-17(3,22)13-7-9-23-10-13/h4-10,12,15,22H,11H2,1-3H3,(H2,19,20,21)/t15-,17-/m0/s1. The van der Waals surface area contributed by atoms with Crippen LogP contribution in [0.25, 0.3) is 0 Å². The van der Waals surface area contributed by atoms with E-state index in [2.05, 4.69) is 15.6 Å². The smallest absolute Gasteiger partial charge is 0.315 e. The molecular formula is C17H23N3O2S. The van der Waals surface area contributed by atoms with Crippen molar-refractivity contribution < 1.29 is 9.90 Å². The summed E-state index contributed by atoms with van der Waals surface area (Å²) in [6.45, 7) is 5.89. The number of nitrogens with zero attached hydrogens (tertiary/aromatic N) is 1. The summed E-state index contributed by atoms with van der Waals surface area (Å²) in [5.41, 5.74) is 0.533. The molecule has 2 aromatic heterocycles. The molecule has 0 bridgehead atoms. The second kappa shape index (κ2) is 7.57. The first kappa shape index (κ1) is 17.4. The SMILES string of the molecule is CC(C)[C@H](NC(=O)NC[C@](C)(O)c1ccsc1)c1ccccn1. The molecule has 0 saturated carbocycles. The van der Waals surface area contributed by atoms with Crippen LogP contribution in [-0.4, -0.2) is 22.7 Å². The molecule has 0 saturated heterocycles. The van der Waals surface area contributed by atoms with Crippen LogP contribution < -0.4 is 10.6 Å². The molecule has 0 aliphatic heterocycles. The van der Waals surface area contributed by atoms with Crippen LogP contribution in [0.3, 0.4) is 0 Å². The van der Waals surface area contributed by atoms with Gasteiger partial charge in [0.1, 0.15) is 5.60 Å². The van der Waals surface area contributed by atoms with Crippen LogP contribution in [0.15, 0.2) is 41.2 Å². The molecule has 0 aliphatic rings. The van der Waals surface area contributed by atoms with Gasteiger partial charge in [0.15, 0.2) is 0 Å². The van der Waals surface area contributed by atoms with Gasteiger partial charge in [-0.05, 0) is 47.4 Å². The highest BCUT2D eigenvalue weighted by atomic mass is 32.1. The number of amides is 2. The predicted octanol–water partition coefficient (Wildman–Crippen LogP) is 3.05. The van der Waals surface area contributed by atoms with E-state index in [4.69, 9.17) is 0 Å². The summed E-state index contributed by atoms with van der Waals surface area (Å²) in [5, 5.41) is 19.9. The van der Waals surface area contributed by atoms with Crippen molar-refractivity contribution in [3.63, 3.8) is 0 Å². The monoisotopic (exact) mass is 333 g/mol. The molecule has 23 heavy (non-hydrogen) atoms. The van der Waals surface area contributed by atoms with Gasteiger partial charge in [-0.15, -0.1) is 0 Å². The Labute approximate surface area is 140 Å². The Morgan fingerprint density at radius 1 is 1.39 bits per heavy atom. The number of urea groups is 1. The Morgan fingerprint density at radius 2 is 2.17 bits per heavy atom. The Bertz CT molecular complexity index is 612. The Hall–Kier alpha value is -1.92. The molecule has 2 heterocycles. The van der Waals surface area contributed by atoms with Crippen LogP contribution in [0.2, 0.25) is 0 Å². The highest BCUT2D eigenvalue weighted by Crippen LogP contribution is 2.22. The normalized spacial score (nSPS) is 15.0. The minimum Gasteiger partial charge on any atom is -0.384 e. The summed E-state index contributed by atoms with van der Waals surface area (Å²) in [5.74, 6) is 0.202. The van der Waals surface area contributed by atoms with E-state index in [0.29, 0.717) is 0 Å². The maximum atomic E-state index is 12.2. The zero-order valence-electron chi connectivity index (χ0n) is 13.6. The van der Waals surface area contributed by atoms with Gasteiger partial charge in [0.2, 0.25) is 0 Å². The molecular weight excluding hydrogens is 310 g/mol. The molecule has 2 aromatic rings. The van der Waals surface area contributed by atoms with Crippen LogP contribution in [0, 0.1) is 5.92 Å². The first-order valence-corrected chi connectivity index (χ1v) is 8.55. The number of aromatic nitrogens is 1. The molecule has 0 fully saturated rings. The topological polar surface area (TPSA) is 74.2 Å². The summed E-state index contributed by atoms with van der Waals surface area (Å²) >= 11 is 1.52. The molecule has 0 aromatic carbocycles. The minimum atomic E-state index is -1.09. The third kappa shape index (κ3) is 4.77. The molecule has 2 rings (SSSR count). The summed E-state index contributed by atoms with van der Waals surface area (Å²) in [6, 6.07) is 7.01. The fourth-order valence-electron chi connectivity index (χ4n) is 2.26. The van der Waals surface area contributed by atoms with Gasteiger partial charge in [-0.2, -0.15) is 11.3 Å². The molecule has 124 valence electrons. The van der Waals surface area contributed by atoms with E-state index in [9.17, 15) is 9.90 Å². The van der Waals surface area contributed by atoms with Gasteiger partial charge in [-0.3, -0.25) is 4.98 Å². The van der Waals surface area contributed by atoms with Gasteiger partial charge < -0.3 is 15.7 Å². The van der Waals surface area contributed by atoms with Crippen LogP contribution >= 0.6 is 11.3 Å². The average Bonchev–Trinajstić information content (AvgIpc) is 3.06. The fourth-order valence-corrected chi connectivity index (χ4v) is 3.04. The maximum Gasteiger partial charge on any atom is 0.315 e. The van der Waals surface area contributed by atoms with Crippen LogP contribution in [0.1, 0.15) is 38.1 Å². The van der Waals surface area contributed by atoms with Crippen molar-refractivity contribution in [3.8, 4) is 0 Å². The number of aliphatic hydroxyl groups is 1. The van der Waals surface area contributed by atoms with Gasteiger partial charge in [0.05, 0.1) is 18.3 Å². The van der Waals surface area contributed by atoms with Crippen molar-refractivity contribution in [2.45, 2.75) is 32.4 Å². The van der Waals surface area contributed by atoms with Crippen LogP contribution in [0.4, 0.5) is 4.79 Å². The van der Waals surface area contributed by atoms with Crippen molar-refractivity contribution in [2.24, 2.45) is 5.92 Å². The van der Waals surface area contributed by atoms with E-state index in [0.717, 1.165) is 11.3 Å². The van der Waals surface area contributed by atoms with E-state index in [1.54, 1.807) is 13.1 Å². The number of rotatable bonds is 6. The van der Waals surface area contributed by atoms with Crippen molar-refractivity contribution in [1.29, 1.82) is 0 Å². The molecule has 5 nitrogen and oxygen atoms in total. The summed E-state index contributed by atoms with van der Waals surface area (Å²) in [7, 11) is 0. The van der Waals surface area contributed by atoms with Gasteiger partial charge >= 0.3 is 6.03 Å². The number of pyridine rings is 1. The molecule has 6 heteroatoms. The summed E-state index contributed by atoms with van der Waals surface area (Å²) in [6.07, 6.45) is 1.71. The molecule has 3 N–H and O–H groups in total. The predicted molar refractivity (Wildman–Crippen MR) is 92.2 cm³/mol. The second-order valence-electron chi connectivity index (χ2n) is 6.09. The lowest BCUT2D eigenvalue weighted by Crippen LogP contribution is -2.45.